The summed E-state index contributed by atoms with van der Waals surface area (Å²) in [5.74, 6) is -0.0410. The van der Waals surface area contributed by atoms with Crippen molar-refractivity contribution in [2.75, 3.05) is 6.54 Å². The Morgan fingerprint density at radius 1 is 1.56 bits per heavy atom. The summed E-state index contributed by atoms with van der Waals surface area (Å²) in [6.45, 7) is 7.79. The molecular formula is C12H19NO2S. The van der Waals surface area contributed by atoms with Gasteiger partial charge in [-0.05, 0) is 23.9 Å². The van der Waals surface area contributed by atoms with Gasteiger partial charge in [0.25, 0.3) is 0 Å². The van der Waals surface area contributed by atoms with Crippen LogP contribution >= 0.6 is 11.3 Å². The summed E-state index contributed by atoms with van der Waals surface area (Å²) in [4.78, 5) is 12.5. The molecule has 1 heterocycles. The lowest BCUT2D eigenvalue weighted by Gasteiger charge is -2.19. The van der Waals surface area contributed by atoms with Gasteiger partial charge >= 0.3 is 0 Å². The lowest BCUT2D eigenvalue weighted by Crippen LogP contribution is -2.37. The number of carbonyl (C=O) groups excluding carboxylic acids is 1. The molecule has 0 saturated carbocycles. The van der Waals surface area contributed by atoms with E-state index in [2.05, 4.69) is 5.32 Å². The first-order chi connectivity index (χ1) is 7.32. The van der Waals surface area contributed by atoms with E-state index in [0.717, 1.165) is 10.4 Å². The summed E-state index contributed by atoms with van der Waals surface area (Å²) in [5.41, 5.74) is 0.659. The Labute approximate surface area is 100 Å². The largest absolute Gasteiger partial charge is 0.386 e. The molecule has 16 heavy (non-hydrogen) atoms. The van der Waals surface area contributed by atoms with Crippen LogP contribution in [0.5, 0.6) is 0 Å². The molecule has 90 valence electrons. The number of thiophene rings is 1. The van der Waals surface area contributed by atoms with Gasteiger partial charge in [0.1, 0.15) is 6.10 Å². The fourth-order valence-electron chi connectivity index (χ4n) is 1.27. The van der Waals surface area contributed by atoms with Crippen molar-refractivity contribution < 1.29 is 9.90 Å². The Morgan fingerprint density at radius 2 is 2.19 bits per heavy atom. The molecule has 0 aliphatic carbocycles. The Balaban J connectivity index is 2.51. The Bertz CT molecular complexity index is 365. The molecule has 0 bridgehead atoms. The summed E-state index contributed by atoms with van der Waals surface area (Å²) in [5, 5.41) is 14.6. The maximum atomic E-state index is 11.6. The predicted molar refractivity (Wildman–Crippen MR) is 66.5 cm³/mol. The number of amides is 1. The minimum atomic E-state index is -0.605. The van der Waals surface area contributed by atoms with Gasteiger partial charge < -0.3 is 10.4 Å². The molecule has 1 atom stereocenters. The lowest BCUT2D eigenvalue weighted by molar-refractivity contribution is -0.128. The third kappa shape index (κ3) is 3.32. The van der Waals surface area contributed by atoms with E-state index in [0.29, 0.717) is 0 Å². The van der Waals surface area contributed by atoms with Crippen LogP contribution in [0.1, 0.15) is 37.3 Å². The van der Waals surface area contributed by atoms with Crippen LogP contribution in [-0.2, 0) is 4.79 Å². The number of carbonyl (C=O) groups is 1. The molecule has 1 aromatic heterocycles. The minimum Gasteiger partial charge on any atom is -0.386 e. The highest BCUT2D eigenvalue weighted by Crippen LogP contribution is 2.23. The van der Waals surface area contributed by atoms with E-state index < -0.39 is 11.5 Å². The van der Waals surface area contributed by atoms with Crippen LogP contribution < -0.4 is 5.32 Å². The first-order valence-corrected chi connectivity index (χ1v) is 6.20. The highest BCUT2D eigenvalue weighted by atomic mass is 32.1. The van der Waals surface area contributed by atoms with Crippen LogP contribution in [0.2, 0.25) is 0 Å². The Hall–Kier alpha value is -0.870. The SMILES string of the molecule is Cc1ccsc1[C@H](O)CNC(=O)C(C)(C)C. The van der Waals surface area contributed by atoms with E-state index in [1.807, 2.05) is 39.1 Å². The summed E-state index contributed by atoms with van der Waals surface area (Å²) >= 11 is 1.52. The van der Waals surface area contributed by atoms with Crippen molar-refractivity contribution in [1.82, 2.24) is 5.32 Å². The van der Waals surface area contributed by atoms with Gasteiger partial charge in [0.2, 0.25) is 5.91 Å². The van der Waals surface area contributed by atoms with Crippen LogP contribution in [0, 0.1) is 12.3 Å². The van der Waals surface area contributed by atoms with Gasteiger partial charge in [0.15, 0.2) is 0 Å². The predicted octanol–water partition coefficient (Wildman–Crippen LogP) is 2.25. The molecule has 3 nitrogen and oxygen atoms in total. The first kappa shape index (κ1) is 13.2. The normalized spacial score (nSPS) is 13.6. The molecular weight excluding hydrogens is 222 g/mol. The summed E-state index contributed by atoms with van der Waals surface area (Å²) < 4.78 is 0. The van der Waals surface area contributed by atoms with Gasteiger partial charge in [0, 0.05) is 16.8 Å². The van der Waals surface area contributed by atoms with E-state index in [1.165, 1.54) is 11.3 Å². The molecule has 4 heteroatoms. The van der Waals surface area contributed by atoms with Crippen LogP contribution in [0.3, 0.4) is 0 Å². The second-order valence-corrected chi connectivity index (χ2v) is 5.89. The van der Waals surface area contributed by atoms with E-state index >= 15 is 0 Å². The number of nitrogens with one attached hydrogen (secondary N) is 1. The van der Waals surface area contributed by atoms with Crippen LogP contribution in [-0.4, -0.2) is 17.6 Å². The van der Waals surface area contributed by atoms with Gasteiger partial charge in [-0.15, -0.1) is 11.3 Å². The maximum absolute atomic E-state index is 11.6. The quantitative estimate of drug-likeness (QED) is 0.852. The summed E-state index contributed by atoms with van der Waals surface area (Å²) in [7, 11) is 0. The fraction of sp³-hybridized carbons (Fsp3) is 0.583. The molecule has 0 radical (unpaired) electrons. The molecule has 1 amide bonds. The zero-order valence-electron chi connectivity index (χ0n) is 10.2. The van der Waals surface area contributed by atoms with E-state index in [4.69, 9.17) is 0 Å². The van der Waals surface area contributed by atoms with Gasteiger partial charge in [0.05, 0.1) is 0 Å². The van der Waals surface area contributed by atoms with Crippen molar-refractivity contribution >= 4 is 17.2 Å². The van der Waals surface area contributed by atoms with Crippen molar-refractivity contribution in [3.8, 4) is 0 Å². The summed E-state index contributed by atoms with van der Waals surface area (Å²) in [6, 6.07) is 1.97. The van der Waals surface area contributed by atoms with Gasteiger partial charge in [-0.1, -0.05) is 20.8 Å². The number of hydrogen-bond donors (Lipinski definition) is 2. The molecule has 0 fully saturated rings. The van der Waals surface area contributed by atoms with Gasteiger partial charge in [-0.3, -0.25) is 4.79 Å². The number of aliphatic hydroxyl groups is 1. The standard InChI is InChI=1S/C12H19NO2S/c1-8-5-6-16-10(8)9(14)7-13-11(15)12(2,3)4/h5-6,9,14H,7H2,1-4H3,(H,13,15)/t9-/m1/s1. The van der Waals surface area contributed by atoms with E-state index in [1.54, 1.807) is 0 Å². The minimum absolute atomic E-state index is 0.0410. The van der Waals surface area contributed by atoms with Crippen molar-refractivity contribution in [2.45, 2.75) is 33.8 Å². The zero-order chi connectivity index (χ0) is 12.3. The average Bonchev–Trinajstić information content (AvgIpc) is 2.58. The topological polar surface area (TPSA) is 49.3 Å². The molecule has 2 N–H and O–H groups in total. The Kier molecular flexibility index (Phi) is 4.10. The van der Waals surface area contributed by atoms with Crippen molar-refractivity contribution in [3.63, 3.8) is 0 Å². The molecule has 1 aromatic rings. The van der Waals surface area contributed by atoms with E-state index in [9.17, 15) is 9.90 Å². The number of aliphatic hydroxyl groups excluding tert-OH is 1. The van der Waals surface area contributed by atoms with Crippen molar-refractivity contribution in [1.29, 1.82) is 0 Å². The molecule has 0 aliphatic rings. The molecule has 0 saturated heterocycles. The first-order valence-electron chi connectivity index (χ1n) is 5.32. The third-order valence-electron chi connectivity index (χ3n) is 2.34. The molecule has 1 rings (SSSR count). The van der Waals surface area contributed by atoms with Gasteiger partial charge in [-0.25, -0.2) is 0 Å². The third-order valence-corrected chi connectivity index (χ3v) is 3.46. The van der Waals surface area contributed by atoms with Crippen LogP contribution in [0.15, 0.2) is 11.4 Å². The second kappa shape index (κ2) is 4.97. The van der Waals surface area contributed by atoms with E-state index in [-0.39, 0.29) is 12.5 Å². The van der Waals surface area contributed by atoms with Crippen molar-refractivity contribution in [3.05, 3.63) is 21.9 Å². The number of rotatable bonds is 3. The second-order valence-electron chi connectivity index (χ2n) is 4.94. The number of hydrogen-bond acceptors (Lipinski definition) is 3. The molecule has 0 unspecified atom stereocenters. The Morgan fingerprint density at radius 3 is 2.62 bits per heavy atom. The highest BCUT2D eigenvalue weighted by Gasteiger charge is 2.22. The average molecular weight is 241 g/mol. The fourth-order valence-corrected chi connectivity index (χ4v) is 2.19. The zero-order valence-corrected chi connectivity index (χ0v) is 11.0. The smallest absolute Gasteiger partial charge is 0.225 e. The molecule has 0 aliphatic heterocycles. The highest BCUT2D eigenvalue weighted by molar-refractivity contribution is 7.10. The number of aryl methyl sites for hydroxylation is 1. The molecule has 0 aromatic carbocycles. The monoisotopic (exact) mass is 241 g/mol. The van der Waals surface area contributed by atoms with Crippen LogP contribution in [0.25, 0.3) is 0 Å². The van der Waals surface area contributed by atoms with Crippen LogP contribution in [0.4, 0.5) is 0 Å². The molecule has 0 spiro atoms. The lowest BCUT2D eigenvalue weighted by atomic mass is 9.95. The summed E-state index contributed by atoms with van der Waals surface area (Å²) in [6.07, 6.45) is -0.605. The van der Waals surface area contributed by atoms with Crippen molar-refractivity contribution in [2.24, 2.45) is 5.41 Å². The maximum Gasteiger partial charge on any atom is 0.225 e. The van der Waals surface area contributed by atoms with Gasteiger partial charge in [-0.2, -0.15) is 0 Å².